The van der Waals surface area contributed by atoms with Gasteiger partial charge in [0.15, 0.2) is 0 Å². The molecule has 106 valence electrons. The highest BCUT2D eigenvalue weighted by atomic mass is 32.2. The van der Waals surface area contributed by atoms with Crippen molar-refractivity contribution in [1.29, 1.82) is 0 Å². The number of hydrogen-bond donors (Lipinski definition) is 1. The van der Waals surface area contributed by atoms with Gasteiger partial charge in [0.2, 0.25) is 10.0 Å². The van der Waals surface area contributed by atoms with E-state index in [2.05, 4.69) is 4.90 Å². The molecule has 8 heteroatoms. The van der Waals surface area contributed by atoms with Crippen molar-refractivity contribution in [1.82, 2.24) is 9.21 Å². The Morgan fingerprint density at radius 2 is 2.16 bits per heavy atom. The highest BCUT2D eigenvalue weighted by molar-refractivity contribution is 7.89. The van der Waals surface area contributed by atoms with E-state index in [1.807, 2.05) is 14.0 Å². The predicted octanol–water partition coefficient (Wildman–Crippen LogP) is 0.771. The first-order valence-electron chi connectivity index (χ1n) is 5.85. The molecule has 1 aromatic heterocycles. The van der Waals surface area contributed by atoms with Gasteiger partial charge in [-0.25, -0.2) is 13.2 Å². The molecule has 1 unspecified atom stereocenters. The summed E-state index contributed by atoms with van der Waals surface area (Å²) in [6.07, 6.45) is 0. The molecule has 2 heterocycles. The third-order valence-corrected chi connectivity index (χ3v) is 6.27. The number of nitrogens with zero attached hydrogens (tertiary/aromatic N) is 2. The average molecular weight is 304 g/mol. The summed E-state index contributed by atoms with van der Waals surface area (Å²) in [5, 5.41) is 10.5. The van der Waals surface area contributed by atoms with Gasteiger partial charge in [0, 0.05) is 25.7 Å². The van der Waals surface area contributed by atoms with E-state index in [0.29, 0.717) is 19.6 Å². The van der Waals surface area contributed by atoms with Crippen LogP contribution in [0.4, 0.5) is 0 Å². The molecule has 0 aromatic carbocycles. The van der Waals surface area contributed by atoms with Crippen molar-refractivity contribution in [3.8, 4) is 0 Å². The molecule has 1 fully saturated rings. The Kier molecular flexibility index (Phi) is 3.95. The van der Waals surface area contributed by atoms with Crippen molar-refractivity contribution < 1.29 is 18.3 Å². The Hall–Kier alpha value is -0.960. The molecule has 1 saturated heterocycles. The topological polar surface area (TPSA) is 77.9 Å². The van der Waals surface area contributed by atoms with Gasteiger partial charge >= 0.3 is 5.97 Å². The molecular formula is C11H16N2O4S2. The molecule has 0 saturated carbocycles. The standard InChI is InChI=1S/C11H16N2O4S2/c1-8-7-12(2)4-5-13(8)19(16,17)9-3-6-18-10(9)11(14)15/h3,6,8H,4-5,7H2,1-2H3,(H,14,15). The van der Waals surface area contributed by atoms with E-state index in [0.717, 1.165) is 11.3 Å². The summed E-state index contributed by atoms with van der Waals surface area (Å²) in [7, 11) is -1.79. The maximum Gasteiger partial charge on any atom is 0.347 e. The lowest BCUT2D eigenvalue weighted by atomic mass is 10.2. The fourth-order valence-electron chi connectivity index (χ4n) is 2.26. The van der Waals surface area contributed by atoms with Gasteiger partial charge in [-0.05, 0) is 25.4 Å². The minimum Gasteiger partial charge on any atom is -0.477 e. The lowest BCUT2D eigenvalue weighted by Crippen LogP contribution is -2.52. The summed E-state index contributed by atoms with van der Waals surface area (Å²) in [4.78, 5) is 12.9. The number of sulfonamides is 1. The third kappa shape index (κ3) is 2.66. The molecule has 0 aliphatic carbocycles. The molecule has 0 amide bonds. The number of carbonyl (C=O) groups is 1. The van der Waals surface area contributed by atoms with Crippen molar-refractivity contribution in [3.05, 3.63) is 16.3 Å². The zero-order chi connectivity index (χ0) is 14.2. The summed E-state index contributed by atoms with van der Waals surface area (Å²) >= 11 is 0.935. The zero-order valence-electron chi connectivity index (χ0n) is 10.7. The van der Waals surface area contributed by atoms with Crippen LogP contribution in [0.25, 0.3) is 0 Å². The van der Waals surface area contributed by atoms with E-state index in [9.17, 15) is 13.2 Å². The van der Waals surface area contributed by atoms with E-state index in [4.69, 9.17) is 5.11 Å². The molecule has 0 radical (unpaired) electrons. The van der Waals surface area contributed by atoms with E-state index in [1.165, 1.54) is 15.8 Å². The number of aromatic carboxylic acids is 1. The second-order valence-corrected chi connectivity index (χ2v) is 7.42. The number of piperazine rings is 1. The third-order valence-electron chi connectivity index (χ3n) is 3.18. The van der Waals surface area contributed by atoms with Gasteiger partial charge in [0.1, 0.15) is 9.77 Å². The largest absolute Gasteiger partial charge is 0.477 e. The Morgan fingerprint density at radius 3 is 2.74 bits per heavy atom. The lowest BCUT2D eigenvalue weighted by molar-refractivity contribution is 0.0698. The molecule has 1 aromatic rings. The molecular weight excluding hydrogens is 288 g/mol. The summed E-state index contributed by atoms with van der Waals surface area (Å²) in [5.74, 6) is -1.20. The smallest absolute Gasteiger partial charge is 0.347 e. The Morgan fingerprint density at radius 1 is 1.47 bits per heavy atom. The molecule has 1 aliphatic rings. The first-order chi connectivity index (χ1) is 8.84. The second kappa shape index (κ2) is 5.20. The van der Waals surface area contributed by atoms with Crippen LogP contribution in [-0.4, -0.2) is 61.4 Å². The van der Waals surface area contributed by atoms with Crippen LogP contribution in [0, 0.1) is 0 Å². The first kappa shape index (κ1) is 14.4. The van der Waals surface area contributed by atoms with Crippen molar-refractivity contribution in [2.75, 3.05) is 26.7 Å². The number of thiophene rings is 1. The normalized spacial score (nSPS) is 22.5. The monoisotopic (exact) mass is 304 g/mol. The van der Waals surface area contributed by atoms with Crippen LogP contribution >= 0.6 is 11.3 Å². The van der Waals surface area contributed by atoms with E-state index >= 15 is 0 Å². The van der Waals surface area contributed by atoms with Gasteiger partial charge in [0.25, 0.3) is 0 Å². The van der Waals surface area contributed by atoms with Gasteiger partial charge in [-0.1, -0.05) is 0 Å². The number of likely N-dealkylation sites (N-methyl/N-ethyl adjacent to an activating group) is 1. The van der Waals surface area contributed by atoms with Crippen LogP contribution in [0.1, 0.15) is 16.6 Å². The second-order valence-electron chi connectivity index (χ2n) is 4.65. The van der Waals surface area contributed by atoms with E-state index in [1.54, 1.807) is 0 Å². The van der Waals surface area contributed by atoms with Gasteiger partial charge in [-0.2, -0.15) is 4.31 Å². The summed E-state index contributed by atoms with van der Waals surface area (Å²) in [6, 6.07) is 1.21. The van der Waals surface area contributed by atoms with Crippen LogP contribution in [0.3, 0.4) is 0 Å². The van der Waals surface area contributed by atoms with E-state index < -0.39 is 16.0 Å². The van der Waals surface area contributed by atoms with E-state index in [-0.39, 0.29) is 15.8 Å². The predicted molar refractivity (Wildman–Crippen MR) is 72.1 cm³/mol. The quantitative estimate of drug-likeness (QED) is 0.892. The fraction of sp³-hybridized carbons (Fsp3) is 0.545. The van der Waals surface area contributed by atoms with Gasteiger partial charge in [0.05, 0.1) is 0 Å². The van der Waals surface area contributed by atoms with Crippen LogP contribution in [0.15, 0.2) is 16.3 Å². The molecule has 1 N–H and O–H groups in total. The molecule has 0 bridgehead atoms. The van der Waals surface area contributed by atoms with Gasteiger partial charge in [-0.15, -0.1) is 11.3 Å². The summed E-state index contributed by atoms with van der Waals surface area (Å²) in [6.45, 7) is 3.51. The highest BCUT2D eigenvalue weighted by Crippen LogP contribution is 2.27. The minimum atomic E-state index is -3.73. The number of carboxylic acids is 1. The van der Waals surface area contributed by atoms with Crippen molar-refractivity contribution in [3.63, 3.8) is 0 Å². The maximum atomic E-state index is 12.5. The van der Waals surface area contributed by atoms with Crippen molar-refractivity contribution in [2.45, 2.75) is 17.9 Å². The molecule has 1 aliphatic heterocycles. The Bertz CT molecular complexity index is 581. The van der Waals surface area contributed by atoms with Gasteiger partial charge in [-0.3, -0.25) is 0 Å². The van der Waals surface area contributed by atoms with Crippen molar-refractivity contribution in [2.24, 2.45) is 0 Å². The van der Waals surface area contributed by atoms with Crippen LogP contribution in [0.5, 0.6) is 0 Å². The van der Waals surface area contributed by atoms with Gasteiger partial charge < -0.3 is 10.0 Å². The number of rotatable bonds is 3. The fourth-order valence-corrected chi connectivity index (χ4v) is 5.11. The molecule has 6 nitrogen and oxygen atoms in total. The summed E-state index contributed by atoms with van der Waals surface area (Å²) in [5.41, 5.74) is 0. The summed E-state index contributed by atoms with van der Waals surface area (Å²) < 4.78 is 26.5. The van der Waals surface area contributed by atoms with Crippen LogP contribution in [-0.2, 0) is 10.0 Å². The SMILES string of the molecule is CC1CN(C)CCN1S(=O)(=O)c1ccsc1C(=O)O. The highest BCUT2D eigenvalue weighted by Gasteiger charge is 2.35. The van der Waals surface area contributed by atoms with Crippen molar-refractivity contribution >= 4 is 27.3 Å². The molecule has 2 rings (SSSR count). The molecule has 19 heavy (non-hydrogen) atoms. The Balaban J connectivity index is 2.37. The maximum absolute atomic E-state index is 12.5. The Labute approximate surface area is 116 Å². The van der Waals surface area contributed by atoms with Crippen LogP contribution in [0.2, 0.25) is 0 Å². The molecule has 1 atom stereocenters. The number of carboxylic acid groups (broad SMARTS) is 1. The lowest BCUT2D eigenvalue weighted by Gasteiger charge is -2.37. The number of hydrogen-bond acceptors (Lipinski definition) is 5. The van der Waals surface area contributed by atoms with Crippen LogP contribution < -0.4 is 0 Å². The average Bonchev–Trinajstić information content (AvgIpc) is 2.77. The zero-order valence-corrected chi connectivity index (χ0v) is 12.4. The first-order valence-corrected chi connectivity index (χ1v) is 8.17. The minimum absolute atomic E-state index is 0.0959. The molecule has 0 spiro atoms.